The van der Waals surface area contributed by atoms with E-state index in [0.29, 0.717) is 13.1 Å². The Morgan fingerprint density at radius 1 is 0.862 bits per heavy atom. The van der Waals surface area contributed by atoms with Gasteiger partial charge in [0.1, 0.15) is 26.4 Å². The molecule has 0 aliphatic heterocycles. The highest BCUT2D eigenvalue weighted by atomic mass is 16.6. The Bertz CT molecular complexity index is 553. The van der Waals surface area contributed by atoms with Crippen molar-refractivity contribution in [3.63, 3.8) is 0 Å². The highest BCUT2D eigenvalue weighted by Crippen LogP contribution is 2.55. The third-order valence-electron chi connectivity index (χ3n) is 4.17. The number of esters is 2. The molecule has 1 rings (SSSR count). The van der Waals surface area contributed by atoms with Crippen molar-refractivity contribution >= 4 is 24.1 Å². The third-order valence-corrected chi connectivity index (χ3v) is 4.17. The molecule has 0 aromatic rings. The summed E-state index contributed by atoms with van der Waals surface area (Å²) in [5, 5.41) is 5.03. The van der Waals surface area contributed by atoms with E-state index in [1.165, 1.54) is 6.08 Å². The van der Waals surface area contributed by atoms with Crippen molar-refractivity contribution in [1.29, 1.82) is 0 Å². The molecule has 0 aromatic heterocycles. The zero-order valence-corrected chi connectivity index (χ0v) is 17.0. The van der Waals surface area contributed by atoms with Gasteiger partial charge in [0, 0.05) is 19.0 Å². The van der Waals surface area contributed by atoms with Crippen molar-refractivity contribution in [2.24, 2.45) is 11.3 Å². The molecule has 0 spiro atoms. The molecule has 0 radical (unpaired) electrons. The van der Waals surface area contributed by atoms with Crippen LogP contribution in [0.2, 0.25) is 0 Å². The fourth-order valence-corrected chi connectivity index (χ4v) is 2.48. The summed E-state index contributed by atoms with van der Waals surface area (Å²) >= 11 is 0. The van der Waals surface area contributed by atoms with Gasteiger partial charge in [-0.3, -0.25) is 9.59 Å². The van der Waals surface area contributed by atoms with E-state index in [1.54, 1.807) is 0 Å². The van der Waals surface area contributed by atoms with E-state index in [1.807, 2.05) is 13.8 Å². The summed E-state index contributed by atoms with van der Waals surface area (Å²) < 4.78 is 19.9. The molecule has 0 heterocycles. The summed E-state index contributed by atoms with van der Waals surface area (Å²) in [5.74, 6) is -1.91. The van der Waals surface area contributed by atoms with Crippen LogP contribution in [0, 0.1) is 11.3 Å². The van der Waals surface area contributed by atoms with E-state index in [2.05, 4.69) is 17.2 Å². The molecule has 1 atom stereocenters. The van der Waals surface area contributed by atoms with Gasteiger partial charge in [-0.1, -0.05) is 19.9 Å². The van der Waals surface area contributed by atoms with Gasteiger partial charge in [0.25, 0.3) is 0 Å². The average molecular weight is 414 g/mol. The predicted molar refractivity (Wildman–Crippen MR) is 102 cm³/mol. The predicted octanol–water partition coefficient (Wildman–Crippen LogP) is 1.54. The minimum atomic E-state index is -1.45. The van der Waals surface area contributed by atoms with Crippen LogP contribution in [0.3, 0.4) is 0 Å². The van der Waals surface area contributed by atoms with Gasteiger partial charge in [0.15, 0.2) is 5.41 Å². The molecular weight excluding hydrogens is 384 g/mol. The number of ether oxygens (including phenoxy) is 4. The number of alkyl carbamates (subject to hydrolysis) is 2. The van der Waals surface area contributed by atoms with Crippen molar-refractivity contribution in [3.8, 4) is 0 Å². The lowest BCUT2D eigenvalue weighted by Gasteiger charge is -2.15. The van der Waals surface area contributed by atoms with Crippen LogP contribution >= 0.6 is 0 Å². The van der Waals surface area contributed by atoms with Crippen LogP contribution in [-0.2, 0) is 28.5 Å². The van der Waals surface area contributed by atoms with E-state index in [4.69, 9.17) is 18.9 Å². The Labute approximate surface area is 170 Å². The topological polar surface area (TPSA) is 129 Å². The number of amides is 2. The highest BCUT2D eigenvalue weighted by Gasteiger charge is 2.67. The number of hydrogen-bond acceptors (Lipinski definition) is 8. The minimum Gasteiger partial charge on any atom is -0.461 e. The van der Waals surface area contributed by atoms with Gasteiger partial charge in [0.2, 0.25) is 0 Å². The lowest BCUT2D eigenvalue weighted by atomic mass is 10.0. The standard InChI is InChI=1S/C19H30N2O8/c1-4-7-20-17(24)28-11-9-26-15(22)19(13-14(19)6-3)16(23)27-10-12-29-18(25)21-8-5-2/h6,14H,3-5,7-13H2,1-2H3,(H,20,24)(H,21,25). The van der Waals surface area contributed by atoms with Crippen LogP contribution < -0.4 is 10.6 Å². The SMILES string of the molecule is C=CC1CC1(C(=O)OCCOC(=O)NCCC)C(=O)OCCOC(=O)NCCC. The number of allylic oxidation sites excluding steroid dienone is 1. The van der Waals surface area contributed by atoms with E-state index >= 15 is 0 Å². The van der Waals surface area contributed by atoms with Crippen LogP contribution in [0.15, 0.2) is 12.7 Å². The van der Waals surface area contributed by atoms with Crippen LogP contribution in [0.4, 0.5) is 9.59 Å². The molecule has 10 nitrogen and oxygen atoms in total. The Hall–Kier alpha value is -2.78. The molecule has 1 aliphatic carbocycles. The Morgan fingerprint density at radius 3 is 1.62 bits per heavy atom. The quantitative estimate of drug-likeness (QED) is 0.153. The van der Waals surface area contributed by atoms with Crippen molar-refractivity contribution in [2.75, 3.05) is 39.5 Å². The van der Waals surface area contributed by atoms with Gasteiger partial charge >= 0.3 is 24.1 Å². The second-order valence-corrected chi connectivity index (χ2v) is 6.41. The maximum atomic E-state index is 12.4. The number of hydrogen-bond donors (Lipinski definition) is 2. The van der Waals surface area contributed by atoms with E-state index in [0.717, 1.165) is 12.8 Å². The second kappa shape index (κ2) is 12.6. The molecule has 1 saturated carbocycles. The van der Waals surface area contributed by atoms with Gasteiger partial charge in [-0.25, -0.2) is 9.59 Å². The summed E-state index contributed by atoms with van der Waals surface area (Å²) in [6.07, 6.45) is 2.05. The Kier molecular flexibility index (Phi) is 10.6. The van der Waals surface area contributed by atoms with E-state index in [9.17, 15) is 19.2 Å². The van der Waals surface area contributed by atoms with Crippen molar-refractivity contribution in [2.45, 2.75) is 33.1 Å². The molecule has 1 aliphatic rings. The fraction of sp³-hybridized carbons (Fsp3) is 0.684. The molecule has 1 fully saturated rings. The van der Waals surface area contributed by atoms with E-state index in [-0.39, 0.29) is 32.8 Å². The van der Waals surface area contributed by atoms with Crippen molar-refractivity contribution < 1.29 is 38.1 Å². The minimum absolute atomic E-state index is 0.133. The zero-order valence-electron chi connectivity index (χ0n) is 17.0. The van der Waals surface area contributed by atoms with Gasteiger partial charge in [-0.15, -0.1) is 6.58 Å². The molecule has 1 unspecified atom stereocenters. The molecule has 29 heavy (non-hydrogen) atoms. The average Bonchev–Trinajstić information content (AvgIpc) is 3.47. The summed E-state index contributed by atoms with van der Waals surface area (Å²) in [5.41, 5.74) is -1.45. The van der Waals surface area contributed by atoms with Crippen LogP contribution in [-0.4, -0.2) is 63.6 Å². The molecule has 0 saturated heterocycles. The maximum Gasteiger partial charge on any atom is 0.407 e. The van der Waals surface area contributed by atoms with Crippen LogP contribution in [0.5, 0.6) is 0 Å². The first-order valence-electron chi connectivity index (χ1n) is 9.70. The van der Waals surface area contributed by atoms with Crippen LogP contribution in [0.1, 0.15) is 33.1 Å². The first-order chi connectivity index (χ1) is 13.9. The lowest BCUT2D eigenvalue weighted by Crippen LogP contribution is -2.34. The molecule has 2 N–H and O–H groups in total. The number of rotatable bonds is 13. The Balaban J connectivity index is 2.37. The van der Waals surface area contributed by atoms with Crippen molar-refractivity contribution in [3.05, 3.63) is 12.7 Å². The van der Waals surface area contributed by atoms with Gasteiger partial charge in [-0.05, 0) is 19.3 Å². The molecule has 2 amide bonds. The highest BCUT2D eigenvalue weighted by molar-refractivity contribution is 6.04. The fourth-order valence-electron chi connectivity index (χ4n) is 2.48. The van der Waals surface area contributed by atoms with Gasteiger partial charge in [-0.2, -0.15) is 0 Å². The summed E-state index contributed by atoms with van der Waals surface area (Å²) in [7, 11) is 0. The smallest absolute Gasteiger partial charge is 0.407 e. The second-order valence-electron chi connectivity index (χ2n) is 6.41. The molecular formula is C19H30N2O8. The molecule has 10 heteroatoms. The molecule has 0 aromatic carbocycles. The van der Waals surface area contributed by atoms with Crippen molar-refractivity contribution in [1.82, 2.24) is 10.6 Å². The largest absolute Gasteiger partial charge is 0.461 e. The maximum absolute atomic E-state index is 12.4. The Morgan fingerprint density at radius 2 is 1.28 bits per heavy atom. The third kappa shape index (κ3) is 7.63. The van der Waals surface area contributed by atoms with E-state index < -0.39 is 35.5 Å². The first-order valence-corrected chi connectivity index (χ1v) is 9.70. The van der Waals surface area contributed by atoms with Gasteiger partial charge < -0.3 is 29.6 Å². The summed E-state index contributed by atoms with van der Waals surface area (Å²) in [6, 6.07) is 0. The first kappa shape index (κ1) is 24.3. The number of carbonyl (C=O) groups is 4. The number of nitrogens with one attached hydrogen (secondary N) is 2. The molecule has 0 bridgehead atoms. The number of carbonyl (C=O) groups excluding carboxylic acids is 4. The summed E-state index contributed by atoms with van der Waals surface area (Å²) in [4.78, 5) is 47.4. The van der Waals surface area contributed by atoms with Crippen LogP contribution in [0.25, 0.3) is 0 Å². The van der Waals surface area contributed by atoms with Gasteiger partial charge in [0.05, 0.1) is 0 Å². The molecule has 164 valence electrons. The summed E-state index contributed by atoms with van der Waals surface area (Å²) in [6.45, 7) is 7.75. The normalized spacial score (nSPS) is 16.1. The monoisotopic (exact) mass is 414 g/mol. The lowest BCUT2D eigenvalue weighted by molar-refractivity contribution is -0.166. The zero-order chi connectivity index (χ0) is 21.7.